The molecular formula is C17H22N6O. The highest BCUT2D eigenvalue weighted by Crippen LogP contribution is 2.25. The van der Waals surface area contributed by atoms with Crippen molar-refractivity contribution < 1.29 is 4.79 Å². The van der Waals surface area contributed by atoms with Crippen LogP contribution in [0.25, 0.3) is 5.69 Å². The average molecular weight is 326 g/mol. The molecule has 2 fully saturated rings. The summed E-state index contributed by atoms with van der Waals surface area (Å²) in [6, 6.07) is 10.3. The van der Waals surface area contributed by atoms with Crippen LogP contribution in [0.3, 0.4) is 0 Å². The van der Waals surface area contributed by atoms with Crippen LogP contribution in [0, 0.1) is 0 Å². The van der Waals surface area contributed by atoms with Gasteiger partial charge in [-0.3, -0.25) is 10.2 Å². The topological polar surface area (TPSA) is 66.3 Å². The second-order valence-corrected chi connectivity index (χ2v) is 6.39. The first kappa shape index (κ1) is 15.1. The lowest BCUT2D eigenvalue weighted by atomic mass is 9.91. The lowest BCUT2D eigenvalue weighted by molar-refractivity contribution is 0.0758. The lowest BCUT2D eigenvalue weighted by Gasteiger charge is -2.42. The second-order valence-electron chi connectivity index (χ2n) is 6.39. The van der Waals surface area contributed by atoms with E-state index in [1.165, 1.54) is 24.1 Å². The van der Waals surface area contributed by atoms with E-state index in [2.05, 4.69) is 20.4 Å². The van der Waals surface area contributed by atoms with Gasteiger partial charge in [-0.2, -0.15) is 5.10 Å². The molecular weight excluding hydrogens is 304 g/mol. The van der Waals surface area contributed by atoms with Crippen molar-refractivity contribution in [3.05, 3.63) is 36.5 Å². The number of hydrogen-bond acceptors (Lipinski definition) is 4. The number of piperazine rings is 1. The van der Waals surface area contributed by atoms with Crippen LogP contribution in [0.1, 0.15) is 19.3 Å². The Bertz CT molecular complexity index is 688. The van der Waals surface area contributed by atoms with Crippen LogP contribution in [0.5, 0.6) is 0 Å². The molecule has 1 saturated heterocycles. The first-order chi connectivity index (χ1) is 11.8. The molecule has 1 saturated carbocycles. The Balaban J connectivity index is 1.32. The summed E-state index contributed by atoms with van der Waals surface area (Å²) in [6.07, 6.45) is 5.56. The highest BCUT2D eigenvalue weighted by atomic mass is 16.2. The molecule has 126 valence electrons. The minimum atomic E-state index is -0.0941. The summed E-state index contributed by atoms with van der Waals surface area (Å²) < 4.78 is 0. The summed E-state index contributed by atoms with van der Waals surface area (Å²) in [5.74, 6) is 0.477. The quantitative estimate of drug-likeness (QED) is 0.936. The molecule has 7 heteroatoms. The number of aromatic nitrogens is 3. The van der Waals surface area contributed by atoms with Crippen LogP contribution in [0.15, 0.2) is 36.5 Å². The summed E-state index contributed by atoms with van der Waals surface area (Å²) in [6.45, 7) is 3.48. The number of urea groups is 1. The van der Waals surface area contributed by atoms with E-state index < -0.39 is 0 Å². The molecule has 2 aliphatic rings. The number of hydrogen-bond donors (Lipinski definition) is 1. The van der Waals surface area contributed by atoms with Crippen molar-refractivity contribution in [1.82, 2.24) is 24.8 Å². The third-order valence-electron chi connectivity index (χ3n) is 4.91. The standard InChI is InChI=1S/C17H22N6O/c24-17(22-11-9-21(10-12-22)14-7-4-8-14)19-16-13-18-23(20-16)15-5-2-1-3-6-15/h1-3,5-6,13-14H,4,7-12H2,(H,19,20,24). The van der Waals surface area contributed by atoms with Gasteiger partial charge in [-0.05, 0) is 25.0 Å². The summed E-state index contributed by atoms with van der Waals surface area (Å²) >= 11 is 0. The number of para-hydroxylation sites is 1. The molecule has 0 radical (unpaired) electrons. The number of nitrogens with zero attached hydrogens (tertiary/aromatic N) is 5. The molecule has 2 aromatic rings. The summed E-state index contributed by atoms with van der Waals surface area (Å²) in [4.78, 5) is 18.3. The van der Waals surface area contributed by atoms with Crippen molar-refractivity contribution in [2.24, 2.45) is 0 Å². The van der Waals surface area contributed by atoms with Crippen molar-refractivity contribution in [2.75, 3.05) is 31.5 Å². The largest absolute Gasteiger partial charge is 0.323 e. The van der Waals surface area contributed by atoms with E-state index in [0.717, 1.165) is 37.9 Å². The Morgan fingerprint density at radius 2 is 1.83 bits per heavy atom. The normalized spacial score (nSPS) is 19.1. The van der Waals surface area contributed by atoms with Crippen molar-refractivity contribution in [1.29, 1.82) is 0 Å². The zero-order chi connectivity index (χ0) is 16.4. The molecule has 1 aromatic heterocycles. The van der Waals surface area contributed by atoms with Gasteiger partial charge in [-0.25, -0.2) is 4.79 Å². The third-order valence-corrected chi connectivity index (χ3v) is 4.91. The monoisotopic (exact) mass is 326 g/mol. The molecule has 24 heavy (non-hydrogen) atoms. The van der Waals surface area contributed by atoms with E-state index >= 15 is 0 Å². The maximum atomic E-state index is 12.4. The van der Waals surface area contributed by atoms with Crippen molar-refractivity contribution >= 4 is 11.8 Å². The molecule has 2 amide bonds. The summed E-state index contributed by atoms with van der Waals surface area (Å²) in [5.41, 5.74) is 0.868. The number of rotatable bonds is 3. The number of anilines is 1. The van der Waals surface area contributed by atoms with Gasteiger partial charge in [0.1, 0.15) is 0 Å². The van der Waals surface area contributed by atoms with Gasteiger partial charge >= 0.3 is 6.03 Å². The van der Waals surface area contributed by atoms with Crippen LogP contribution in [0.2, 0.25) is 0 Å². The highest BCUT2D eigenvalue weighted by molar-refractivity contribution is 5.88. The van der Waals surface area contributed by atoms with Crippen LogP contribution >= 0.6 is 0 Å². The molecule has 1 aliphatic heterocycles. The van der Waals surface area contributed by atoms with Gasteiger partial charge in [0.2, 0.25) is 0 Å². The number of benzene rings is 1. The van der Waals surface area contributed by atoms with Gasteiger partial charge in [0.05, 0.1) is 11.9 Å². The molecule has 1 N–H and O–H groups in total. The molecule has 7 nitrogen and oxygen atoms in total. The predicted molar refractivity (Wildman–Crippen MR) is 91.2 cm³/mol. The molecule has 0 unspecified atom stereocenters. The molecule has 0 bridgehead atoms. The minimum absolute atomic E-state index is 0.0941. The molecule has 4 rings (SSSR count). The van der Waals surface area contributed by atoms with E-state index in [1.807, 2.05) is 35.2 Å². The predicted octanol–water partition coefficient (Wildman–Crippen LogP) is 1.97. The number of nitrogens with one attached hydrogen (secondary N) is 1. The Labute approximate surface area is 141 Å². The van der Waals surface area contributed by atoms with Gasteiger partial charge in [0.25, 0.3) is 0 Å². The Morgan fingerprint density at radius 3 is 2.50 bits per heavy atom. The summed E-state index contributed by atoms with van der Waals surface area (Å²) in [7, 11) is 0. The van der Waals surface area contributed by atoms with Gasteiger partial charge in [-0.15, -0.1) is 9.90 Å². The van der Waals surface area contributed by atoms with Crippen molar-refractivity contribution in [3.8, 4) is 5.69 Å². The minimum Gasteiger partial charge on any atom is -0.322 e. The van der Waals surface area contributed by atoms with Crippen LogP contribution in [0.4, 0.5) is 10.6 Å². The molecule has 1 aliphatic carbocycles. The zero-order valence-electron chi connectivity index (χ0n) is 13.6. The van der Waals surface area contributed by atoms with Gasteiger partial charge in [-0.1, -0.05) is 24.6 Å². The smallest absolute Gasteiger partial charge is 0.322 e. The number of carbonyl (C=O) groups is 1. The fraction of sp³-hybridized carbons (Fsp3) is 0.471. The maximum Gasteiger partial charge on any atom is 0.323 e. The van der Waals surface area contributed by atoms with E-state index in [4.69, 9.17) is 0 Å². The molecule has 1 aromatic carbocycles. The highest BCUT2D eigenvalue weighted by Gasteiger charge is 2.29. The zero-order valence-corrected chi connectivity index (χ0v) is 13.6. The number of carbonyl (C=O) groups excluding carboxylic acids is 1. The first-order valence-corrected chi connectivity index (χ1v) is 8.57. The number of amides is 2. The molecule has 0 spiro atoms. The SMILES string of the molecule is O=C(Nc1cnn(-c2ccccc2)n1)N1CCN(C2CCC2)CC1. The van der Waals surface area contributed by atoms with E-state index in [9.17, 15) is 4.79 Å². The molecule has 0 atom stereocenters. The fourth-order valence-electron chi connectivity index (χ4n) is 3.24. The lowest BCUT2D eigenvalue weighted by Crippen LogP contribution is -2.54. The van der Waals surface area contributed by atoms with Crippen molar-refractivity contribution in [3.63, 3.8) is 0 Å². The average Bonchev–Trinajstić information content (AvgIpc) is 3.03. The van der Waals surface area contributed by atoms with Gasteiger partial charge in [0, 0.05) is 32.2 Å². The Morgan fingerprint density at radius 1 is 1.08 bits per heavy atom. The Kier molecular flexibility index (Phi) is 4.17. The second kappa shape index (κ2) is 6.60. The molecule has 2 heterocycles. The maximum absolute atomic E-state index is 12.4. The summed E-state index contributed by atoms with van der Waals surface area (Å²) in [5, 5.41) is 11.4. The third kappa shape index (κ3) is 3.12. The van der Waals surface area contributed by atoms with Crippen LogP contribution in [-0.2, 0) is 0 Å². The van der Waals surface area contributed by atoms with E-state index in [0.29, 0.717) is 5.82 Å². The van der Waals surface area contributed by atoms with Crippen LogP contribution in [-0.4, -0.2) is 63.0 Å². The van der Waals surface area contributed by atoms with Crippen molar-refractivity contribution in [2.45, 2.75) is 25.3 Å². The van der Waals surface area contributed by atoms with Crippen LogP contribution < -0.4 is 5.32 Å². The Hall–Kier alpha value is -2.41. The van der Waals surface area contributed by atoms with E-state index in [-0.39, 0.29) is 6.03 Å². The van der Waals surface area contributed by atoms with Gasteiger partial charge < -0.3 is 4.90 Å². The first-order valence-electron chi connectivity index (χ1n) is 8.57. The fourth-order valence-corrected chi connectivity index (χ4v) is 3.24. The van der Waals surface area contributed by atoms with Gasteiger partial charge in [0.15, 0.2) is 5.82 Å². The van der Waals surface area contributed by atoms with E-state index in [1.54, 1.807) is 6.20 Å².